The van der Waals surface area contributed by atoms with Crippen LogP contribution in [0.3, 0.4) is 0 Å². The summed E-state index contributed by atoms with van der Waals surface area (Å²) >= 11 is 0. The first-order chi connectivity index (χ1) is 8.22. The summed E-state index contributed by atoms with van der Waals surface area (Å²) < 4.78 is 0. The van der Waals surface area contributed by atoms with E-state index in [4.69, 9.17) is 5.11 Å². The van der Waals surface area contributed by atoms with Gasteiger partial charge in [-0.1, -0.05) is 0 Å². The van der Waals surface area contributed by atoms with Crippen LogP contribution in [0, 0.1) is 0 Å². The number of hydrogen-bond donors (Lipinski definition) is 3. The molecule has 0 unspecified atom stereocenters. The van der Waals surface area contributed by atoms with Crippen molar-refractivity contribution in [2.75, 3.05) is 13.2 Å². The molecule has 6 nitrogen and oxygen atoms in total. The summed E-state index contributed by atoms with van der Waals surface area (Å²) in [5.74, 6) is -0.521. The monoisotopic (exact) mass is 233 g/mol. The van der Waals surface area contributed by atoms with E-state index < -0.39 is 11.5 Å². The van der Waals surface area contributed by atoms with Gasteiger partial charge in [0, 0.05) is 12.7 Å². The van der Waals surface area contributed by atoms with Crippen molar-refractivity contribution in [3.63, 3.8) is 0 Å². The molecule has 0 saturated heterocycles. The van der Waals surface area contributed by atoms with Gasteiger partial charge in [-0.25, -0.2) is 0 Å². The molecule has 2 aromatic rings. The minimum Gasteiger partial charge on any atom is -0.395 e. The lowest BCUT2D eigenvalue weighted by molar-refractivity contribution is 0.0943. The van der Waals surface area contributed by atoms with Crippen molar-refractivity contribution in [3.8, 4) is 0 Å². The topological polar surface area (TPSA) is 95.1 Å². The average Bonchev–Trinajstić information content (AvgIpc) is 2.35. The zero-order chi connectivity index (χ0) is 12.3. The Morgan fingerprint density at radius 1 is 1.53 bits per heavy atom. The molecule has 0 radical (unpaired) electrons. The molecule has 0 fully saturated rings. The minimum atomic E-state index is -0.521. The summed E-state index contributed by atoms with van der Waals surface area (Å²) in [5, 5.41) is 11.0. The van der Waals surface area contributed by atoms with Gasteiger partial charge in [-0.05, 0) is 18.2 Å². The lowest BCUT2D eigenvalue weighted by Gasteiger charge is -2.03. The van der Waals surface area contributed by atoms with Gasteiger partial charge in [-0.3, -0.25) is 14.6 Å². The molecule has 1 amide bonds. The highest BCUT2D eigenvalue weighted by Crippen LogP contribution is 2.06. The van der Waals surface area contributed by atoms with Crippen LogP contribution in [0.4, 0.5) is 0 Å². The fraction of sp³-hybridized carbons (Fsp3) is 0.182. The van der Waals surface area contributed by atoms with E-state index in [1.165, 1.54) is 6.07 Å². The van der Waals surface area contributed by atoms with E-state index in [1.807, 2.05) is 0 Å². The maximum Gasteiger partial charge on any atom is 0.261 e. The highest BCUT2D eigenvalue weighted by Gasteiger charge is 2.11. The van der Waals surface area contributed by atoms with Gasteiger partial charge in [0.1, 0.15) is 5.56 Å². The minimum absolute atomic E-state index is 0.00958. The van der Waals surface area contributed by atoms with Crippen molar-refractivity contribution in [3.05, 3.63) is 40.3 Å². The second-order valence-electron chi connectivity index (χ2n) is 3.43. The number of rotatable bonds is 3. The van der Waals surface area contributed by atoms with Crippen LogP contribution in [0.15, 0.2) is 29.2 Å². The van der Waals surface area contributed by atoms with Crippen molar-refractivity contribution in [2.24, 2.45) is 0 Å². The zero-order valence-electron chi connectivity index (χ0n) is 8.93. The zero-order valence-corrected chi connectivity index (χ0v) is 8.93. The molecule has 3 N–H and O–H groups in total. The van der Waals surface area contributed by atoms with E-state index in [1.54, 1.807) is 18.3 Å². The van der Waals surface area contributed by atoms with E-state index in [2.05, 4.69) is 15.3 Å². The van der Waals surface area contributed by atoms with Gasteiger partial charge < -0.3 is 15.4 Å². The van der Waals surface area contributed by atoms with Crippen molar-refractivity contribution in [1.29, 1.82) is 0 Å². The highest BCUT2D eigenvalue weighted by molar-refractivity contribution is 5.96. The Morgan fingerprint density at radius 2 is 2.35 bits per heavy atom. The summed E-state index contributed by atoms with van der Waals surface area (Å²) in [6.45, 7) is -0.0615. The number of nitrogens with one attached hydrogen (secondary N) is 2. The predicted molar refractivity (Wildman–Crippen MR) is 61.8 cm³/mol. The average molecular weight is 233 g/mol. The summed E-state index contributed by atoms with van der Waals surface area (Å²) in [5.41, 5.74) is 0.642. The third-order valence-corrected chi connectivity index (χ3v) is 2.25. The summed E-state index contributed by atoms with van der Waals surface area (Å²) in [7, 11) is 0. The molecule has 88 valence electrons. The van der Waals surface area contributed by atoms with Crippen molar-refractivity contribution < 1.29 is 9.90 Å². The quantitative estimate of drug-likeness (QED) is 0.675. The number of nitrogens with zero attached hydrogens (tertiary/aromatic N) is 1. The van der Waals surface area contributed by atoms with Gasteiger partial charge in [0.2, 0.25) is 0 Å². The number of fused-ring (bicyclic) bond motifs is 1. The van der Waals surface area contributed by atoms with Crippen molar-refractivity contribution >= 4 is 16.9 Å². The first-order valence-electron chi connectivity index (χ1n) is 5.09. The lowest BCUT2D eigenvalue weighted by atomic mass is 10.2. The Balaban J connectivity index is 2.44. The van der Waals surface area contributed by atoms with E-state index in [9.17, 15) is 9.59 Å². The Morgan fingerprint density at radius 3 is 3.12 bits per heavy atom. The fourth-order valence-corrected chi connectivity index (χ4v) is 1.46. The van der Waals surface area contributed by atoms with Crippen LogP contribution in [-0.2, 0) is 0 Å². The van der Waals surface area contributed by atoms with E-state index >= 15 is 0 Å². The molecular formula is C11H11N3O3. The van der Waals surface area contributed by atoms with Crippen LogP contribution in [0.2, 0.25) is 0 Å². The number of hydrogen-bond acceptors (Lipinski definition) is 4. The van der Waals surface area contributed by atoms with E-state index in [-0.39, 0.29) is 18.7 Å². The summed E-state index contributed by atoms with van der Waals surface area (Å²) in [4.78, 5) is 29.8. The number of aromatic nitrogens is 2. The molecule has 0 aromatic carbocycles. The number of aliphatic hydroxyl groups excluding tert-OH is 1. The Kier molecular flexibility index (Phi) is 3.15. The molecule has 0 aliphatic heterocycles. The number of H-pyrrole nitrogens is 1. The van der Waals surface area contributed by atoms with Crippen LogP contribution in [0.5, 0.6) is 0 Å². The molecule has 0 atom stereocenters. The van der Waals surface area contributed by atoms with Gasteiger partial charge in [-0.2, -0.15) is 0 Å². The van der Waals surface area contributed by atoms with Crippen molar-refractivity contribution in [2.45, 2.75) is 0 Å². The van der Waals surface area contributed by atoms with Crippen LogP contribution in [0.25, 0.3) is 11.0 Å². The van der Waals surface area contributed by atoms with Gasteiger partial charge in [0.15, 0.2) is 0 Å². The number of amides is 1. The molecule has 2 aromatic heterocycles. The highest BCUT2D eigenvalue weighted by atomic mass is 16.3. The van der Waals surface area contributed by atoms with Crippen molar-refractivity contribution in [1.82, 2.24) is 15.3 Å². The van der Waals surface area contributed by atoms with E-state index in [0.717, 1.165) is 0 Å². The van der Waals surface area contributed by atoms with Crippen LogP contribution < -0.4 is 10.9 Å². The first kappa shape index (κ1) is 11.3. The second-order valence-corrected chi connectivity index (χ2v) is 3.43. The Bertz CT molecular complexity index is 606. The largest absolute Gasteiger partial charge is 0.395 e. The summed E-state index contributed by atoms with van der Waals surface area (Å²) in [6, 6.07) is 4.84. The number of pyridine rings is 2. The fourth-order valence-electron chi connectivity index (χ4n) is 1.46. The summed E-state index contributed by atoms with van der Waals surface area (Å²) in [6.07, 6.45) is 1.58. The third kappa shape index (κ3) is 2.31. The predicted octanol–water partition coefficient (Wildman–Crippen LogP) is -0.355. The maximum absolute atomic E-state index is 11.6. The number of aliphatic hydroxyl groups is 1. The number of carbonyl (C=O) groups is 1. The normalized spacial score (nSPS) is 10.4. The molecule has 0 aliphatic carbocycles. The van der Waals surface area contributed by atoms with Gasteiger partial charge in [-0.15, -0.1) is 0 Å². The van der Waals surface area contributed by atoms with Gasteiger partial charge >= 0.3 is 0 Å². The van der Waals surface area contributed by atoms with E-state index in [0.29, 0.717) is 11.0 Å². The molecule has 17 heavy (non-hydrogen) atoms. The third-order valence-electron chi connectivity index (χ3n) is 2.25. The molecule has 0 bridgehead atoms. The maximum atomic E-state index is 11.6. The standard InChI is InChI=1S/C11H11N3O3/c15-5-4-13-10(16)7-6-9-8(14-11(7)17)2-1-3-12-9/h1-3,6,15H,4-5H2,(H,13,16)(H,14,17). The second kappa shape index (κ2) is 4.75. The molecule has 0 spiro atoms. The van der Waals surface area contributed by atoms with Gasteiger partial charge in [0.25, 0.3) is 11.5 Å². The molecule has 0 aliphatic rings. The molecule has 2 heterocycles. The first-order valence-corrected chi connectivity index (χ1v) is 5.09. The molecular weight excluding hydrogens is 222 g/mol. The number of carbonyl (C=O) groups excluding carboxylic acids is 1. The van der Waals surface area contributed by atoms with Crippen LogP contribution in [-0.4, -0.2) is 34.1 Å². The SMILES string of the molecule is O=C(NCCO)c1cc2ncccc2[nH]c1=O. The Hall–Kier alpha value is -2.21. The van der Waals surface area contributed by atoms with Crippen LogP contribution in [0.1, 0.15) is 10.4 Å². The molecule has 0 saturated carbocycles. The van der Waals surface area contributed by atoms with Crippen LogP contribution >= 0.6 is 0 Å². The molecule has 2 rings (SSSR count). The smallest absolute Gasteiger partial charge is 0.261 e. The van der Waals surface area contributed by atoms with Gasteiger partial charge in [0.05, 0.1) is 17.6 Å². The Labute approximate surface area is 96.3 Å². The lowest BCUT2D eigenvalue weighted by Crippen LogP contribution is -2.31. The molecule has 6 heteroatoms. The number of aromatic amines is 1.